The number of nitrogens with two attached hydrogens (primary N) is 1. The van der Waals surface area contributed by atoms with Crippen molar-refractivity contribution in [3.63, 3.8) is 0 Å². The average Bonchev–Trinajstić information content (AvgIpc) is 2.29. The SMILES string of the molecule is CCC(C)CN(C)CCOc1cccc(N)c1. The first-order valence-electron chi connectivity index (χ1n) is 6.28. The highest BCUT2D eigenvalue weighted by atomic mass is 16.5. The molecule has 2 N–H and O–H groups in total. The molecule has 96 valence electrons. The zero-order chi connectivity index (χ0) is 12.7. The van der Waals surface area contributed by atoms with Gasteiger partial charge in [0.1, 0.15) is 12.4 Å². The van der Waals surface area contributed by atoms with E-state index in [2.05, 4.69) is 25.8 Å². The standard InChI is InChI=1S/C14H24N2O/c1-4-12(2)11-16(3)8-9-17-14-7-5-6-13(15)10-14/h5-7,10,12H,4,8-9,11,15H2,1-3H3. The van der Waals surface area contributed by atoms with Crippen LogP contribution in [0, 0.1) is 5.92 Å². The molecule has 0 fully saturated rings. The van der Waals surface area contributed by atoms with Crippen LogP contribution in [-0.4, -0.2) is 31.6 Å². The first-order valence-corrected chi connectivity index (χ1v) is 6.28. The van der Waals surface area contributed by atoms with Crippen LogP contribution in [-0.2, 0) is 0 Å². The largest absolute Gasteiger partial charge is 0.492 e. The Hall–Kier alpha value is -1.22. The molecule has 0 heterocycles. The second kappa shape index (κ2) is 7.17. The van der Waals surface area contributed by atoms with Gasteiger partial charge in [0.25, 0.3) is 0 Å². The van der Waals surface area contributed by atoms with Crippen LogP contribution in [0.15, 0.2) is 24.3 Å². The molecule has 1 aromatic carbocycles. The highest BCUT2D eigenvalue weighted by Gasteiger charge is 2.04. The highest BCUT2D eigenvalue weighted by Crippen LogP contribution is 2.14. The number of benzene rings is 1. The fourth-order valence-electron chi connectivity index (χ4n) is 1.68. The molecule has 0 saturated heterocycles. The van der Waals surface area contributed by atoms with Crippen LogP contribution in [0.1, 0.15) is 20.3 Å². The zero-order valence-corrected chi connectivity index (χ0v) is 11.1. The summed E-state index contributed by atoms with van der Waals surface area (Å²) < 4.78 is 5.65. The van der Waals surface area contributed by atoms with Gasteiger partial charge in [-0.25, -0.2) is 0 Å². The normalized spacial score (nSPS) is 12.7. The van der Waals surface area contributed by atoms with Crippen molar-refractivity contribution in [2.75, 3.05) is 32.5 Å². The Labute approximate surface area is 105 Å². The summed E-state index contributed by atoms with van der Waals surface area (Å²) in [5.41, 5.74) is 6.43. The molecule has 1 aromatic rings. The molecule has 17 heavy (non-hydrogen) atoms. The zero-order valence-electron chi connectivity index (χ0n) is 11.1. The number of rotatable bonds is 7. The molecular formula is C14H24N2O. The van der Waals surface area contributed by atoms with Gasteiger partial charge in [-0.05, 0) is 25.1 Å². The first kappa shape index (κ1) is 13.8. The topological polar surface area (TPSA) is 38.5 Å². The van der Waals surface area contributed by atoms with Crippen molar-refractivity contribution in [3.8, 4) is 5.75 Å². The Balaban J connectivity index is 2.23. The van der Waals surface area contributed by atoms with Gasteiger partial charge in [0.05, 0.1) is 0 Å². The van der Waals surface area contributed by atoms with Crippen LogP contribution in [0.25, 0.3) is 0 Å². The van der Waals surface area contributed by atoms with Gasteiger partial charge in [0.15, 0.2) is 0 Å². The minimum absolute atomic E-state index is 0.705. The lowest BCUT2D eigenvalue weighted by molar-refractivity contribution is 0.217. The predicted molar refractivity (Wildman–Crippen MR) is 73.3 cm³/mol. The van der Waals surface area contributed by atoms with Crippen LogP contribution in [0.2, 0.25) is 0 Å². The van der Waals surface area contributed by atoms with Crippen molar-refractivity contribution in [2.45, 2.75) is 20.3 Å². The fraction of sp³-hybridized carbons (Fsp3) is 0.571. The Morgan fingerprint density at radius 1 is 1.41 bits per heavy atom. The Morgan fingerprint density at radius 3 is 2.82 bits per heavy atom. The molecule has 0 aliphatic carbocycles. The summed E-state index contributed by atoms with van der Waals surface area (Å²) in [6.07, 6.45) is 1.22. The summed E-state index contributed by atoms with van der Waals surface area (Å²) in [7, 11) is 2.13. The van der Waals surface area contributed by atoms with Gasteiger partial charge < -0.3 is 15.4 Å². The molecular weight excluding hydrogens is 212 g/mol. The number of hydrogen-bond donors (Lipinski definition) is 1. The summed E-state index contributed by atoms with van der Waals surface area (Å²) in [5, 5.41) is 0. The van der Waals surface area contributed by atoms with E-state index in [0.717, 1.165) is 30.4 Å². The summed E-state index contributed by atoms with van der Waals surface area (Å²) in [5.74, 6) is 1.59. The maximum Gasteiger partial charge on any atom is 0.121 e. The molecule has 0 saturated carbocycles. The lowest BCUT2D eigenvalue weighted by Crippen LogP contribution is -2.28. The third-order valence-electron chi connectivity index (χ3n) is 2.92. The summed E-state index contributed by atoms with van der Waals surface area (Å²) in [6, 6.07) is 7.56. The highest BCUT2D eigenvalue weighted by molar-refractivity contribution is 5.43. The molecule has 1 rings (SSSR count). The number of likely N-dealkylation sites (N-methyl/N-ethyl adjacent to an activating group) is 1. The Bertz CT molecular complexity index is 328. The van der Waals surface area contributed by atoms with Gasteiger partial charge in [-0.15, -0.1) is 0 Å². The van der Waals surface area contributed by atoms with Crippen molar-refractivity contribution in [1.82, 2.24) is 4.90 Å². The molecule has 1 atom stereocenters. The predicted octanol–water partition coefficient (Wildman–Crippen LogP) is 2.63. The number of nitrogens with zero attached hydrogens (tertiary/aromatic N) is 1. The lowest BCUT2D eigenvalue weighted by Gasteiger charge is -2.20. The van der Waals surface area contributed by atoms with Crippen molar-refractivity contribution in [3.05, 3.63) is 24.3 Å². The van der Waals surface area contributed by atoms with Gasteiger partial charge in [0.2, 0.25) is 0 Å². The van der Waals surface area contributed by atoms with Crippen LogP contribution in [0.3, 0.4) is 0 Å². The van der Waals surface area contributed by atoms with Crippen LogP contribution in [0.4, 0.5) is 5.69 Å². The smallest absolute Gasteiger partial charge is 0.121 e. The number of ether oxygens (including phenoxy) is 1. The molecule has 3 nitrogen and oxygen atoms in total. The molecule has 1 unspecified atom stereocenters. The maximum absolute atomic E-state index is 5.68. The van der Waals surface area contributed by atoms with Gasteiger partial charge in [0, 0.05) is 24.8 Å². The molecule has 0 radical (unpaired) electrons. The third kappa shape index (κ3) is 5.59. The van der Waals surface area contributed by atoms with E-state index in [1.165, 1.54) is 6.42 Å². The molecule has 0 spiro atoms. The Morgan fingerprint density at radius 2 is 2.18 bits per heavy atom. The van der Waals surface area contributed by atoms with Gasteiger partial charge in [-0.3, -0.25) is 0 Å². The quantitative estimate of drug-likeness (QED) is 0.740. The molecule has 0 bridgehead atoms. The number of nitrogen functional groups attached to an aromatic ring is 1. The van der Waals surface area contributed by atoms with Crippen LogP contribution in [0.5, 0.6) is 5.75 Å². The van der Waals surface area contributed by atoms with Crippen molar-refractivity contribution in [2.24, 2.45) is 5.92 Å². The first-order chi connectivity index (χ1) is 8.11. The number of hydrogen-bond acceptors (Lipinski definition) is 3. The third-order valence-corrected chi connectivity index (χ3v) is 2.92. The van der Waals surface area contributed by atoms with Crippen molar-refractivity contribution >= 4 is 5.69 Å². The second-order valence-electron chi connectivity index (χ2n) is 4.70. The molecule has 0 aliphatic heterocycles. The van der Waals surface area contributed by atoms with E-state index in [0.29, 0.717) is 6.61 Å². The number of anilines is 1. The van der Waals surface area contributed by atoms with Crippen LogP contribution >= 0.6 is 0 Å². The van der Waals surface area contributed by atoms with E-state index in [1.54, 1.807) is 0 Å². The minimum Gasteiger partial charge on any atom is -0.492 e. The van der Waals surface area contributed by atoms with E-state index in [4.69, 9.17) is 10.5 Å². The van der Waals surface area contributed by atoms with Gasteiger partial charge in [-0.2, -0.15) is 0 Å². The van der Waals surface area contributed by atoms with Gasteiger partial charge >= 0.3 is 0 Å². The molecule has 3 heteroatoms. The summed E-state index contributed by atoms with van der Waals surface area (Å²) >= 11 is 0. The summed E-state index contributed by atoms with van der Waals surface area (Å²) in [4.78, 5) is 2.31. The second-order valence-corrected chi connectivity index (χ2v) is 4.70. The molecule has 0 aliphatic rings. The summed E-state index contributed by atoms with van der Waals surface area (Å²) in [6.45, 7) is 7.27. The van der Waals surface area contributed by atoms with E-state index < -0.39 is 0 Å². The minimum atomic E-state index is 0.705. The van der Waals surface area contributed by atoms with Gasteiger partial charge in [-0.1, -0.05) is 26.3 Å². The average molecular weight is 236 g/mol. The van der Waals surface area contributed by atoms with Crippen molar-refractivity contribution in [1.29, 1.82) is 0 Å². The van der Waals surface area contributed by atoms with Crippen LogP contribution < -0.4 is 10.5 Å². The van der Waals surface area contributed by atoms with E-state index in [-0.39, 0.29) is 0 Å². The Kier molecular flexibility index (Phi) is 5.84. The fourth-order valence-corrected chi connectivity index (χ4v) is 1.68. The van der Waals surface area contributed by atoms with E-state index in [9.17, 15) is 0 Å². The van der Waals surface area contributed by atoms with Crippen molar-refractivity contribution < 1.29 is 4.74 Å². The molecule has 0 amide bonds. The van der Waals surface area contributed by atoms with E-state index >= 15 is 0 Å². The van der Waals surface area contributed by atoms with E-state index in [1.807, 2.05) is 24.3 Å². The monoisotopic (exact) mass is 236 g/mol. The lowest BCUT2D eigenvalue weighted by atomic mass is 10.1. The maximum atomic E-state index is 5.68. The molecule has 0 aromatic heterocycles.